The van der Waals surface area contributed by atoms with Crippen molar-refractivity contribution in [1.82, 2.24) is 19.8 Å². The summed E-state index contributed by atoms with van der Waals surface area (Å²) in [4.78, 5) is 40.7. The lowest BCUT2D eigenvalue weighted by molar-refractivity contribution is -0.686. The molecule has 1 aliphatic carbocycles. The van der Waals surface area contributed by atoms with Crippen LogP contribution < -0.4 is 21.2 Å². The van der Waals surface area contributed by atoms with Crippen molar-refractivity contribution in [1.29, 1.82) is 0 Å². The van der Waals surface area contributed by atoms with Crippen LogP contribution in [-0.2, 0) is 16.1 Å². The van der Waals surface area contributed by atoms with Crippen LogP contribution in [0.15, 0.2) is 10.9 Å². The van der Waals surface area contributed by atoms with Gasteiger partial charge in [0.2, 0.25) is 11.5 Å². The van der Waals surface area contributed by atoms with Crippen molar-refractivity contribution in [2.75, 3.05) is 18.9 Å². The van der Waals surface area contributed by atoms with E-state index in [1.165, 1.54) is 16.7 Å². The lowest BCUT2D eigenvalue weighted by Gasteiger charge is -2.38. The van der Waals surface area contributed by atoms with Crippen LogP contribution in [0.1, 0.15) is 56.5 Å². The molecule has 0 bridgehead atoms. The number of morpholine rings is 1. The number of ether oxygens (including phenoxy) is 1. The molecular formula is C23H33N6O5+. The molecule has 3 heterocycles. The van der Waals surface area contributed by atoms with Crippen molar-refractivity contribution in [2.24, 2.45) is 5.92 Å². The zero-order chi connectivity index (χ0) is 24.7. The number of aromatic nitrogens is 3. The Balaban J connectivity index is 1.81. The first-order valence-corrected chi connectivity index (χ1v) is 11.7. The normalized spacial score (nSPS) is 21.0. The summed E-state index contributed by atoms with van der Waals surface area (Å²) in [5, 5.41) is 16.6. The van der Waals surface area contributed by atoms with Gasteiger partial charge in [-0.3, -0.25) is 9.59 Å². The van der Waals surface area contributed by atoms with Gasteiger partial charge < -0.3 is 25.8 Å². The Kier molecular flexibility index (Phi) is 6.39. The summed E-state index contributed by atoms with van der Waals surface area (Å²) in [5.41, 5.74) is 5.81. The van der Waals surface area contributed by atoms with Gasteiger partial charge in [0.25, 0.3) is 5.91 Å². The number of anilines is 1. The van der Waals surface area contributed by atoms with Crippen LogP contribution in [0.3, 0.4) is 0 Å². The third-order valence-corrected chi connectivity index (χ3v) is 6.13. The topological polar surface area (TPSA) is 146 Å². The average Bonchev–Trinajstić information content (AvgIpc) is 3.50. The SMILES string of the molecule is CC(C)C[n+]1c(O)c(C(=O)NC2CC2)c(=O)n2[nH]c(N)c(/C=C/C(=O)N3[C@@H](C)COC[C@@H]3C)c21. The molecule has 2 amide bonds. The van der Waals surface area contributed by atoms with Crippen LogP contribution in [0, 0.1) is 5.92 Å². The predicted molar refractivity (Wildman–Crippen MR) is 125 cm³/mol. The maximum Gasteiger partial charge on any atom is 0.378 e. The molecule has 5 N–H and O–H groups in total. The fourth-order valence-electron chi connectivity index (χ4n) is 4.40. The largest absolute Gasteiger partial charge is 0.477 e. The molecule has 184 valence electrons. The fourth-order valence-corrected chi connectivity index (χ4v) is 4.40. The smallest absolute Gasteiger partial charge is 0.378 e. The summed E-state index contributed by atoms with van der Waals surface area (Å²) in [6, 6.07) is -0.133. The van der Waals surface area contributed by atoms with E-state index in [1.54, 1.807) is 4.90 Å². The van der Waals surface area contributed by atoms with Gasteiger partial charge in [-0.1, -0.05) is 18.4 Å². The Morgan fingerprint density at radius 2 is 1.94 bits per heavy atom. The highest BCUT2D eigenvalue weighted by atomic mass is 16.5. The van der Waals surface area contributed by atoms with Gasteiger partial charge in [0.05, 0.1) is 31.8 Å². The van der Waals surface area contributed by atoms with Gasteiger partial charge in [0, 0.05) is 12.1 Å². The monoisotopic (exact) mass is 473 g/mol. The third-order valence-electron chi connectivity index (χ3n) is 6.13. The molecule has 11 heteroatoms. The van der Waals surface area contributed by atoms with Crippen LogP contribution in [0.25, 0.3) is 11.7 Å². The zero-order valence-electron chi connectivity index (χ0n) is 20.0. The second kappa shape index (κ2) is 9.13. The lowest BCUT2D eigenvalue weighted by Crippen LogP contribution is -2.51. The van der Waals surface area contributed by atoms with E-state index in [0.29, 0.717) is 25.3 Å². The van der Waals surface area contributed by atoms with E-state index in [9.17, 15) is 19.5 Å². The number of nitrogen functional groups attached to an aromatic ring is 1. The van der Waals surface area contributed by atoms with Crippen molar-refractivity contribution in [3.05, 3.63) is 27.6 Å². The molecular weight excluding hydrogens is 440 g/mol. The molecule has 0 unspecified atom stereocenters. The first kappa shape index (κ1) is 23.8. The third kappa shape index (κ3) is 4.39. The molecule has 34 heavy (non-hydrogen) atoms. The molecule has 1 saturated heterocycles. The maximum absolute atomic E-state index is 13.2. The van der Waals surface area contributed by atoms with E-state index in [2.05, 4.69) is 10.4 Å². The Hall–Kier alpha value is -3.34. The maximum atomic E-state index is 13.2. The van der Waals surface area contributed by atoms with E-state index < -0.39 is 17.3 Å². The number of fused-ring (bicyclic) bond motifs is 1. The molecule has 2 atom stereocenters. The van der Waals surface area contributed by atoms with Gasteiger partial charge in [-0.2, -0.15) is 4.57 Å². The standard InChI is InChI=1S/C23H32N6O5/c1-12(2)9-27-21-16(7-8-17(30)28-13(3)10-34-11-14(28)4)19(24)26-29(21)23(33)18(22(27)32)20(31)25-15-5-6-15/h7-8,12-15H,5-6,9-11H2,1-4H3,(H4,24,25,26,31,32,33)/p+1/b8-7+/t13-,14-/m0/s1. The van der Waals surface area contributed by atoms with Gasteiger partial charge in [-0.25, -0.2) is 9.89 Å². The summed E-state index contributed by atoms with van der Waals surface area (Å²) in [6.07, 6.45) is 4.65. The summed E-state index contributed by atoms with van der Waals surface area (Å²) in [6.45, 7) is 8.99. The predicted octanol–water partition coefficient (Wildman–Crippen LogP) is 0.400. The van der Waals surface area contributed by atoms with Gasteiger partial charge >= 0.3 is 17.1 Å². The van der Waals surface area contributed by atoms with Gasteiger partial charge in [-0.05, 0) is 38.7 Å². The first-order valence-electron chi connectivity index (χ1n) is 11.7. The lowest BCUT2D eigenvalue weighted by atomic mass is 10.1. The summed E-state index contributed by atoms with van der Waals surface area (Å²) in [7, 11) is 0. The van der Waals surface area contributed by atoms with E-state index in [4.69, 9.17) is 10.5 Å². The number of hydrogen-bond donors (Lipinski definition) is 4. The minimum absolute atomic E-state index is 0.0220. The second-order valence-corrected chi connectivity index (χ2v) is 9.67. The number of aromatic hydroxyl groups is 1. The second-order valence-electron chi connectivity index (χ2n) is 9.67. The molecule has 2 aliphatic rings. The molecule has 0 spiro atoms. The number of carbonyl (C=O) groups is 2. The number of carbonyl (C=O) groups excluding carboxylic acids is 2. The first-order chi connectivity index (χ1) is 16.1. The summed E-state index contributed by atoms with van der Waals surface area (Å²) < 4.78 is 8.14. The molecule has 0 aromatic carbocycles. The van der Waals surface area contributed by atoms with Crippen LogP contribution in [0.4, 0.5) is 5.82 Å². The van der Waals surface area contributed by atoms with E-state index in [-0.39, 0.29) is 47.0 Å². The van der Waals surface area contributed by atoms with Crippen LogP contribution in [0.2, 0.25) is 0 Å². The molecule has 4 rings (SSSR count). The molecule has 2 aromatic heterocycles. The quantitative estimate of drug-likeness (QED) is 0.353. The minimum Gasteiger partial charge on any atom is -0.477 e. The van der Waals surface area contributed by atoms with E-state index in [0.717, 1.165) is 17.4 Å². The Bertz CT molecular complexity index is 1200. The number of rotatable bonds is 6. The Labute approximate surface area is 197 Å². The number of aromatic amines is 1. The van der Waals surface area contributed by atoms with Crippen molar-refractivity contribution < 1.29 is 24.0 Å². The molecule has 2 aromatic rings. The van der Waals surface area contributed by atoms with Crippen molar-refractivity contribution in [3.8, 4) is 5.88 Å². The molecule has 11 nitrogen and oxygen atoms in total. The number of hydrogen-bond acceptors (Lipinski definition) is 6. The van der Waals surface area contributed by atoms with E-state index in [1.807, 2.05) is 27.7 Å². The Morgan fingerprint density at radius 3 is 2.53 bits per heavy atom. The number of H-pyrrole nitrogens is 1. The van der Waals surface area contributed by atoms with Gasteiger partial charge in [0.15, 0.2) is 5.82 Å². The van der Waals surface area contributed by atoms with Crippen LogP contribution in [0.5, 0.6) is 5.88 Å². The van der Waals surface area contributed by atoms with Gasteiger partial charge in [0.1, 0.15) is 5.56 Å². The number of nitrogens with two attached hydrogens (primary N) is 1. The van der Waals surface area contributed by atoms with Crippen molar-refractivity contribution in [2.45, 2.75) is 65.2 Å². The Morgan fingerprint density at radius 1 is 1.29 bits per heavy atom. The molecule has 1 saturated carbocycles. The van der Waals surface area contributed by atoms with Crippen LogP contribution in [-0.4, -0.2) is 62.8 Å². The van der Waals surface area contributed by atoms with Crippen LogP contribution >= 0.6 is 0 Å². The van der Waals surface area contributed by atoms with Crippen molar-refractivity contribution >= 4 is 29.4 Å². The number of nitrogens with zero attached hydrogens (tertiary/aromatic N) is 3. The average molecular weight is 474 g/mol. The highest BCUT2D eigenvalue weighted by Crippen LogP contribution is 2.23. The highest BCUT2D eigenvalue weighted by molar-refractivity contribution is 5.96. The molecule has 0 radical (unpaired) electrons. The zero-order valence-corrected chi connectivity index (χ0v) is 20.0. The molecule has 1 aliphatic heterocycles. The highest BCUT2D eigenvalue weighted by Gasteiger charge is 2.35. The summed E-state index contributed by atoms with van der Waals surface area (Å²) >= 11 is 0. The number of amides is 2. The fraction of sp³-hybridized carbons (Fsp3) is 0.565. The van der Waals surface area contributed by atoms with E-state index >= 15 is 0 Å². The minimum atomic E-state index is -0.709. The van der Waals surface area contributed by atoms with Gasteiger partial charge in [-0.15, -0.1) is 0 Å². The molecule has 2 fully saturated rings. The number of nitrogens with one attached hydrogen (secondary N) is 2. The van der Waals surface area contributed by atoms with Crippen molar-refractivity contribution in [3.63, 3.8) is 0 Å². The summed E-state index contributed by atoms with van der Waals surface area (Å²) in [5.74, 6) is -1.02.